The minimum atomic E-state index is -0.309. The predicted octanol–water partition coefficient (Wildman–Crippen LogP) is 4.05. The summed E-state index contributed by atoms with van der Waals surface area (Å²) < 4.78 is 5.58. The summed E-state index contributed by atoms with van der Waals surface area (Å²) in [7, 11) is 0. The zero-order valence-corrected chi connectivity index (χ0v) is 17.1. The highest BCUT2D eigenvalue weighted by Gasteiger charge is 2.15. The molecule has 0 aromatic heterocycles. The number of anilines is 2. The lowest BCUT2D eigenvalue weighted by atomic mass is 10.1. The van der Waals surface area contributed by atoms with Gasteiger partial charge in [0.15, 0.2) is 0 Å². The highest BCUT2D eigenvalue weighted by molar-refractivity contribution is 5.96. The van der Waals surface area contributed by atoms with Crippen LogP contribution in [0.5, 0.6) is 5.75 Å². The Morgan fingerprint density at radius 1 is 1.00 bits per heavy atom. The van der Waals surface area contributed by atoms with Gasteiger partial charge in [0.1, 0.15) is 5.75 Å². The van der Waals surface area contributed by atoms with Crippen molar-refractivity contribution in [3.05, 3.63) is 54.1 Å². The first-order valence-corrected chi connectivity index (χ1v) is 9.35. The molecular formula is C22H29N3O3. The Labute approximate surface area is 166 Å². The van der Waals surface area contributed by atoms with Crippen molar-refractivity contribution >= 4 is 23.2 Å². The van der Waals surface area contributed by atoms with E-state index in [-0.39, 0.29) is 30.0 Å². The molecule has 0 bridgehead atoms. The molecule has 0 saturated carbocycles. The second-order valence-electron chi connectivity index (χ2n) is 7.88. The van der Waals surface area contributed by atoms with E-state index in [0.29, 0.717) is 16.9 Å². The quantitative estimate of drug-likeness (QED) is 0.674. The molecule has 0 fully saturated rings. The summed E-state index contributed by atoms with van der Waals surface area (Å²) in [4.78, 5) is 24.4. The lowest BCUT2D eigenvalue weighted by molar-refractivity contribution is -0.114. The van der Waals surface area contributed by atoms with E-state index in [0.717, 1.165) is 5.75 Å². The first-order chi connectivity index (χ1) is 13.1. The van der Waals surface area contributed by atoms with Gasteiger partial charge in [-0.05, 0) is 77.1 Å². The van der Waals surface area contributed by atoms with E-state index in [9.17, 15) is 9.59 Å². The molecule has 2 rings (SSSR count). The number of hydrogen-bond donors (Lipinski definition) is 3. The molecule has 3 N–H and O–H groups in total. The van der Waals surface area contributed by atoms with Gasteiger partial charge < -0.3 is 20.7 Å². The van der Waals surface area contributed by atoms with Gasteiger partial charge in [0.05, 0.1) is 12.6 Å². The molecule has 150 valence electrons. The monoisotopic (exact) mass is 383 g/mol. The Morgan fingerprint density at radius 2 is 1.68 bits per heavy atom. The molecular weight excluding hydrogens is 354 g/mol. The van der Waals surface area contributed by atoms with E-state index in [2.05, 4.69) is 16.0 Å². The number of ether oxygens (including phenoxy) is 1. The maximum absolute atomic E-state index is 12.3. The van der Waals surface area contributed by atoms with Gasteiger partial charge in [-0.3, -0.25) is 9.59 Å². The van der Waals surface area contributed by atoms with Gasteiger partial charge in [-0.2, -0.15) is 0 Å². The van der Waals surface area contributed by atoms with Gasteiger partial charge in [0.25, 0.3) is 5.91 Å². The predicted molar refractivity (Wildman–Crippen MR) is 113 cm³/mol. The molecule has 0 atom stereocenters. The first-order valence-electron chi connectivity index (χ1n) is 9.35. The zero-order chi connectivity index (χ0) is 20.7. The van der Waals surface area contributed by atoms with Crippen LogP contribution in [0, 0.1) is 0 Å². The van der Waals surface area contributed by atoms with E-state index >= 15 is 0 Å². The minimum Gasteiger partial charge on any atom is -0.491 e. The number of amides is 2. The summed E-state index contributed by atoms with van der Waals surface area (Å²) in [5.41, 5.74) is 1.63. The number of nitrogens with one attached hydrogen (secondary N) is 3. The van der Waals surface area contributed by atoms with Crippen LogP contribution >= 0.6 is 0 Å². The number of carbonyl (C=O) groups excluding carboxylic acids is 2. The van der Waals surface area contributed by atoms with Crippen molar-refractivity contribution in [3.63, 3.8) is 0 Å². The minimum absolute atomic E-state index is 0.0919. The lowest BCUT2D eigenvalue weighted by Gasteiger charge is -2.20. The Balaban J connectivity index is 1.89. The standard InChI is InChI=1S/C22H29N3O3/c1-15(2)28-19-11-9-17(10-12-19)24-20(26)14-23-18-8-6-7-16(13-18)21(27)25-22(3,4)5/h6-13,15,23H,14H2,1-5H3,(H,24,26)(H,25,27). The number of carbonyl (C=O) groups is 2. The summed E-state index contributed by atoms with van der Waals surface area (Å²) in [5.74, 6) is 0.433. The van der Waals surface area contributed by atoms with E-state index in [1.165, 1.54) is 0 Å². The average molecular weight is 383 g/mol. The van der Waals surface area contributed by atoms with Crippen molar-refractivity contribution in [2.24, 2.45) is 0 Å². The van der Waals surface area contributed by atoms with Gasteiger partial charge in [-0.1, -0.05) is 6.07 Å². The summed E-state index contributed by atoms with van der Waals surface area (Å²) in [6, 6.07) is 14.3. The fourth-order valence-electron chi connectivity index (χ4n) is 2.46. The second-order valence-corrected chi connectivity index (χ2v) is 7.88. The second kappa shape index (κ2) is 9.26. The molecule has 6 nitrogen and oxygen atoms in total. The molecule has 0 unspecified atom stereocenters. The maximum atomic E-state index is 12.3. The Bertz CT molecular complexity index is 809. The number of hydrogen-bond acceptors (Lipinski definition) is 4. The van der Waals surface area contributed by atoms with Crippen molar-refractivity contribution in [3.8, 4) is 5.75 Å². The first kappa shape index (κ1) is 21.3. The van der Waals surface area contributed by atoms with Crippen molar-refractivity contribution in [2.75, 3.05) is 17.2 Å². The highest BCUT2D eigenvalue weighted by Crippen LogP contribution is 2.17. The van der Waals surface area contributed by atoms with E-state index < -0.39 is 0 Å². The molecule has 0 spiro atoms. The van der Waals surface area contributed by atoms with E-state index in [1.807, 2.05) is 52.8 Å². The summed E-state index contributed by atoms with van der Waals surface area (Å²) in [6.45, 7) is 9.80. The van der Waals surface area contributed by atoms with Crippen LogP contribution < -0.4 is 20.7 Å². The topological polar surface area (TPSA) is 79.5 Å². The highest BCUT2D eigenvalue weighted by atomic mass is 16.5. The molecule has 0 aliphatic heterocycles. The van der Waals surface area contributed by atoms with Gasteiger partial charge >= 0.3 is 0 Å². The van der Waals surface area contributed by atoms with Crippen LogP contribution in [0.15, 0.2) is 48.5 Å². The average Bonchev–Trinajstić information content (AvgIpc) is 2.60. The molecule has 0 saturated heterocycles. The fourth-order valence-corrected chi connectivity index (χ4v) is 2.46. The Hall–Kier alpha value is -3.02. The number of rotatable bonds is 7. The molecule has 0 heterocycles. The van der Waals surface area contributed by atoms with Gasteiger partial charge in [-0.25, -0.2) is 0 Å². The lowest BCUT2D eigenvalue weighted by Crippen LogP contribution is -2.40. The molecule has 0 radical (unpaired) electrons. The third-order valence-corrected chi connectivity index (χ3v) is 3.58. The van der Waals surface area contributed by atoms with Crippen molar-refractivity contribution in [2.45, 2.75) is 46.3 Å². The van der Waals surface area contributed by atoms with Crippen molar-refractivity contribution in [1.29, 1.82) is 0 Å². The van der Waals surface area contributed by atoms with Crippen molar-refractivity contribution < 1.29 is 14.3 Å². The zero-order valence-electron chi connectivity index (χ0n) is 17.1. The van der Waals surface area contributed by atoms with Crippen LogP contribution in [0.4, 0.5) is 11.4 Å². The van der Waals surface area contributed by atoms with Gasteiger partial charge in [0.2, 0.25) is 5.91 Å². The molecule has 2 aromatic rings. The van der Waals surface area contributed by atoms with Crippen LogP contribution in [-0.4, -0.2) is 30.0 Å². The molecule has 6 heteroatoms. The molecule has 28 heavy (non-hydrogen) atoms. The molecule has 0 aliphatic rings. The van der Waals surface area contributed by atoms with Crippen LogP contribution in [0.25, 0.3) is 0 Å². The van der Waals surface area contributed by atoms with Gasteiger partial charge in [0, 0.05) is 22.5 Å². The Kier molecular flexibility index (Phi) is 7.04. The van der Waals surface area contributed by atoms with E-state index in [4.69, 9.17) is 4.74 Å². The van der Waals surface area contributed by atoms with Crippen LogP contribution in [0.1, 0.15) is 45.0 Å². The normalized spacial score (nSPS) is 11.1. The maximum Gasteiger partial charge on any atom is 0.251 e. The number of benzene rings is 2. The third-order valence-electron chi connectivity index (χ3n) is 3.58. The summed E-state index contributed by atoms with van der Waals surface area (Å²) in [5, 5.41) is 8.79. The van der Waals surface area contributed by atoms with E-state index in [1.54, 1.807) is 30.3 Å². The smallest absolute Gasteiger partial charge is 0.251 e. The molecule has 2 amide bonds. The van der Waals surface area contributed by atoms with Crippen LogP contribution in [0.2, 0.25) is 0 Å². The summed E-state index contributed by atoms with van der Waals surface area (Å²) in [6.07, 6.45) is 0.103. The molecule has 0 aliphatic carbocycles. The van der Waals surface area contributed by atoms with Gasteiger partial charge in [-0.15, -0.1) is 0 Å². The molecule has 2 aromatic carbocycles. The third kappa shape index (κ3) is 7.31. The fraction of sp³-hybridized carbons (Fsp3) is 0.364. The Morgan fingerprint density at radius 3 is 2.29 bits per heavy atom. The largest absolute Gasteiger partial charge is 0.491 e. The van der Waals surface area contributed by atoms with Crippen LogP contribution in [0.3, 0.4) is 0 Å². The van der Waals surface area contributed by atoms with Crippen molar-refractivity contribution in [1.82, 2.24) is 5.32 Å². The SMILES string of the molecule is CC(C)Oc1ccc(NC(=O)CNc2cccc(C(=O)NC(C)(C)C)c2)cc1. The van der Waals surface area contributed by atoms with Crippen LogP contribution in [-0.2, 0) is 4.79 Å². The summed E-state index contributed by atoms with van der Waals surface area (Å²) >= 11 is 0.